The lowest BCUT2D eigenvalue weighted by atomic mass is 9.88. The van der Waals surface area contributed by atoms with Crippen LogP contribution in [0, 0.1) is 5.92 Å². The molecule has 1 aliphatic heterocycles. The maximum absolute atomic E-state index is 13.3. The number of benzene rings is 1. The van der Waals surface area contributed by atoms with Gasteiger partial charge in [-0.2, -0.15) is 0 Å². The van der Waals surface area contributed by atoms with Crippen molar-refractivity contribution in [3.8, 4) is 5.75 Å². The van der Waals surface area contributed by atoms with Gasteiger partial charge in [-0.3, -0.25) is 14.5 Å². The Morgan fingerprint density at radius 2 is 1.94 bits per heavy atom. The summed E-state index contributed by atoms with van der Waals surface area (Å²) in [4.78, 5) is 29.4. The van der Waals surface area contributed by atoms with Gasteiger partial charge in [0.05, 0.1) is 31.9 Å². The van der Waals surface area contributed by atoms with E-state index in [-0.39, 0.29) is 11.8 Å². The van der Waals surface area contributed by atoms with Crippen molar-refractivity contribution in [2.45, 2.75) is 33.1 Å². The number of hydrogen-bond donors (Lipinski definition) is 2. The van der Waals surface area contributed by atoms with Crippen LogP contribution in [-0.4, -0.2) is 56.2 Å². The third kappa shape index (κ3) is 5.49. The first-order valence-corrected chi connectivity index (χ1v) is 12.1. The van der Waals surface area contributed by atoms with Crippen LogP contribution in [0.2, 0.25) is 0 Å². The summed E-state index contributed by atoms with van der Waals surface area (Å²) in [7, 11) is 0. The Hall–Kier alpha value is -2.42. The van der Waals surface area contributed by atoms with Crippen molar-refractivity contribution in [3.05, 3.63) is 40.3 Å². The number of anilines is 2. The topological polar surface area (TPSA) is 79.9 Å². The van der Waals surface area contributed by atoms with E-state index in [4.69, 9.17) is 9.47 Å². The van der Waals surface area contributed by atoms with Crippen molar-refractivity contribution in [1.82, 2.24) is 4.90 Å². The maximum atomic E-state index is 13.3. The minimum Gasteiger partial charge on any atom is -0.494 e. The number of thiophene rings is 1. The molecule has 0 radical (unpaired) electrons. The number of hydrogen-bond acceptors (Lipinski definition) is 6. The highest BCUT2D eigenvalue weighted by Crippen LogP contribution is 2.40. The van der Waals surface area contributed by atoms with Crippen molar-refractivity contribution in [2.75, 3.05) is 50.1 Å². The summed E-state index contributed by atoms with van der Waals surface area (Å²) >= 11 is 1.55. The Balaban J connectivity index is 1.52. The second-order valence-corrected chi connectivity index (χ2v) is 9.51. The van der Waals surface area contributed by atoms with Gasteiger partial charge in [-0.15, -0.1) is 11.3 Å². The third-order valence-corrected chi connectivity index (χ3v) is 7.06. The van der Waals surface area contributed by atoms with Crippen molar-refractivity contribution < 1.29 is 19.1 Å². The number of nitrogens with zero attached hydrogens (tertiary/aromatic N) is 1. The van der Waals surface area contributed by atoms with Gasteiger partial charge in [-0.05, 0) is 61.9 Å². The molecule has 2 aliphatic rings. The summed E-state index contributed by atoms with van der Waals surface area (Å²) < 4.78 is 10.8. The molecule has 32 heavy (non-hydrogen) atoms. The van der Waals surface area contributed by atoms with Crippen LogP contribution in [0.4, 0.5) is 10.7 Å². The first-order valence-electron chi connectivity index (χ1n) is 11.3. The monoisotopic (exact) mass is 457 g/mol. The zero-order chi connectivity index (χ0) is 22.5. The van der Waals surface area contributed by atoms with E-state index in [0.29, 0.717) is 48.5 Å². The number of carbonyl (C=O) groups is 2. The van der Waals surface area contributed by atoms with E-state index in [1.54, 1.807) is 11.3 Å². The molecule has 0 bridgehead atoms. The van der Waals surface area contributed by atoms with Crippen molar-refractivity contribution >= 4 is 33.8 Å². The molecule has 0 saturated carbocycles. The third-order valence-electron chi connectivity index (χ3n) is 5.89. The average molecular weight is 458 g/mol. The number of carbonyl (C=O) groups excluding carboxylic acids is 2. The van der Waals surface area contributed by atoms with Gasteiger partial charge in [0, 0.05) is 23.7 Å². The van der Waals surface area contributed by atoms with Crippen LogP contribution in [0.5, 0.6) is 5.75 Å². The second kappa shape index (κ2) is 10.5. The number of fused-ring (bicyclic) bond motifs is 1. The normalized spacial score (nSPS) is 18.6. The average Bonchev–Trinajstić information content (AvgIpc) is 3.12. The summed E-state index contributed by atoms with van der Waals surface area (Å²) in [5, 5.41) is 6.70. The minimum atomic E-state index is -0.178. The van der Waals surface area contributed by atoms with Gasteiger partial charge in [0.1, 0.15) is 10.8 Å². The number of nitrogens with one attached hydrogen (secondary N) is 2. The molecule has 2 heterocycles. The molecule has 1 aromatic carbocycles. The van der Waals surface area contributed by atoms with E-state index < -0.39 is 0 Å². The Kier molecular flexibility index (Phi) is 7.44. The van der Waals surface area contributed by atoms with E-state index in [1.165, 1.54) is 4.88 Å². The summed E-state index contributed by atoms with van der Waals surface area (Å²) in [5.74, 6) is 1.08. The number of ether oxygens (including phenoxy) is 2. The van der Waals surface area contributed by atoms with Gasteiger partial charge < -0.3 is 20.1 Å². The lowest BCUT2D eigenvalue weighted by Crippen LogP contribution is -2.41. The minimum absolute atomic E-state index is 0.0892. The Morgan fingerprint density at radius 1 is 1.19 bits per heavy atom. The Morgan fingerprint density at radius 3 is 2.66 bits per heavy atom. The van der Waals surface area contributed by atoms with E-state index in [1.807, 2.05) is 31.2 Å². The fourth-order valence-electron chi connectivity index (χ4n) is 4.20. The molecule has 7 nitrogen and oxygen atoms in total. The van der Waals surface area contributed by atoms with Crippen LogP contribution < -0.4 is 15.4 Å². The van der Waals surface area contributed by atoms with Gasteiger partial charge in [0.15, 0.2) is 0 Å². The molecule has 2 N–H and O–H groups in total. The molecule has 0 unspecified atom stereocenters. The molecule has 2 amide bonds. The van der Waals surface area contributed by atoms with Crippen LogP contribution >= 0.6 is 11.3 Å². The fraction of sp³-hybridized carbons (Fsp3) is 0.500. The zero-order valence-corrected chi connectivity index (χ0v) is 19.6. The summed E-state index contributed by atoms with van der Waals surface area (Å²) in [6.45, 7) is 7.86. The van der Waals surface area contributed by atoms with E-state index in [0.717, 1.165) is 43.7 Å². The molecule has 0 spiro atoms. The fourth-order valence-corrected chi connectivity index (χ4v) is 5.63. The van der Waals surface area contributed by atoms with Crippen LogP contribution in [0.15, 0.2) is 24.3 Å². The van der Waals surface area contributed by atoms with Crippen LogP contribution in [0.1, 0.15) is 41.1 Å². The molecular weight excluding hydrogens is 426 g/mol. The molecule has 1 fully saturated rings. The van der Waals surface area contributed by atoms with Gasteiger partial charge in [0.2, 0.25) is 5.91 Å². The number of morpholine rings is 1. The summed E-state index contributed by atoms with van der Waals surface area (Å²) in [5.41, 5.74) is 2.40. The summed E-state index contributed by atoms with van der Waals surface area (Å²) in [6.07, 6.45) is 2.86. The van der Waals surface area contributed by atoms with Crippen molar-refractivity contribution in [3.63, 3.8) is 0 Å². The highest BCUT2D eigenvalue weighted by molar-refractivity contribution is 7.17. The smallest absolute Gasteiger partial charge is 0.258 e. The molecule has 8 heteroatoms. The van der Waals surface area contributed by atoms with Crippen molar-refractivity contribution in [1.29, 1.82) is 0 Å². The maximum Gasteiger partial charge on any atom is 0.258 e. The lowest BCUT2D eigenvalue weighted by molar-refractivity contribution is -0.118. The molecule has 4 rings (SSSR count). The highest BCUT2D eigenvalue weighted by Gasteiger charge is 2.29. The Labute approximate surface area is 193 Å². The van der Waals surface area contributed by atoms with Crippen LogP contribution in [-0.2, 0) is 22.4 Å². The van der Waals surface area contributed by atoms with Crippen molar-refractivity contribution in [2.24, 2.45) is 5.92 Å². The quantitative estimate of drug-likeness (QED) is 0.661. The van der Waals surface area contributed by atoms with Gasteiger partial charge in [0.25, 0.3) is 5.91 Å². The summed E-state index contributed by atoms with van der Waals surface area (Å²) in [6, 6.07) is 7.35. The van der Waals surface area contributed by atoms with Gasteiger partial charge in [-0.1, -0.05) is 6.92 Å². The lowest BCUT2D eigenvalue weighted by Gasteiger charge is -2.25. The van der Waals surface area contributed by atoms with Crippen LogP contribution in [0.3, 0.4) is 0 Å². The molecule has 172 valence electrons. The first kappa shape index (κ1) is 22.8. The molecule has 1 aliphatic carbocycles. The van der Waals surface area contributed by atoms with Gasteiger partial charge >= 0.3 is 0 Å². The van der Waals surface area contributed by atoms with Gasteiger partial charge in [-0.25, -0.2) is 0 Å². The molecular formula is C24H31N3O4S. The zero-order valence-electron chi connectivity index (χ0n) is 18.7. The molecule has 1 atom stereocenters. The largest absolute Gasteiger partial charge is 0.494 e. The Bertz CT molecular complexity index is 951. The number of rotatable bonds is 7. The molecule has 2 aromatic rings. The molecule has 1 aromatic heterocycles. The second-order valence-electron chi connectivity index (χ2n) is 8.40. The van der Waals surface area contributed by atoms with E-state index in [9.17, 15) is 9.59 Å². The first-order chi connectivity index (χ1) is 15.5. The standard InChI is InChI=1S/C24H31N3O4S/c1-3-31-18-7-5-17(6-8-18)25-23(29)22-19-9-4-16(2)14-20(19)32-24(22)26-21(28)15-27-10-12-30-13-11-27/h5-8,16H,3-4,9-15H2,1-2H3,(H,25,29)(H,26,28)/t16-/m0/s1. The van der Waals surface area contributed by atoms with E-state index in [2.05, 4.69) is 22.5 Å². The van der Waals surface area contributed by atoms with Crippen LogP contribution in [0.25, 0.3) is 0 Å². The SMILES string of the molecule is CCOc1ccc(NC(=O)c2c(NC(=O)CN3CCOCC3)sc3c2CC[C@H](C)C3)cc1. The highest BCUT2D eigenvalue weighted by atomic mass is 32.1. The predicted octanol–water partition coefficient (Wildman–Crippen LogP) is 3.79. The van der Waals surface area contributed by atoms with E-state index >= 15 is 0 Å². The molecule has 1 saturated heterocycles. The predicted molar refractivity (Wildman–Crippen MR) is 127 cm³/mol. The number of amides is 2.